The Morgan fingerprint density at radius 1 is 1.38 bits per heavy atom. The Morgan fingerprint density at radius 3 is 2.86 bits per heavy atom. The first kappa shape index (κ1) is 13.6. The van der Waals surface area contributed by atoms with Crippen LogP contribution in [0.1, 0.15) is 12.8 Å². The summed E-state index contributed by atoms with van der Waals surface area (Å²) in [5.74, 6) is 0.575. The fourth-order valence-electron chi connectivity index (χ4n) is 1.97. The van der Waals surface area contributed by atoms with Crippen molar-refractivity contribution in [2.75, 3.05) is 11.9 Å². The summed E-state index contributed by atoms with van der Waals surface area (Å²) in [6, 6.07) is 5.54. The SMILES string of the molecule is O=C(COc1ccc(F)cc1)Nc1cnn(CC2CC2)c1. The number of ether oxygens (including phenoxy) is 1. The van der Waals surface area contributed by atoms with Crippen LogP contribution in [0.5, 0.6) is 5.75 Å². The monoisotopic (exact) mass is 289 g/mol. The van der Waals surface area contributed by atoms with Gasteiger partial charge in [-0.05, 0) is 43.0 Å². The number of hydrogen-bond donors (Lipinski definition) is 1. The lowest BCUT2D eigenvalue weighted by atomic mass is 10.3. The number of rotatable bonds is 6. The molecule has 2 aromatic rings. The summed E-state index contributed by atoms with van der Waals surface area (Å²) >= 11 is 0. The smallest absolute Gasteiger partial charge is 0.262 e. The van der Waals surface area contributed by atoms with Crippen molar-refractivity contribution in [2.24, 2.45) is 5.92 Å². The van der Waals surface area contributed by atoms with Gasteiger partial charge in [0.2, 0.25) is 0 Å². The summed E-state index contributed by atoms with van der Waals surface area (Å²) in [5.41, 5.74) is 0.656. The zero-order chi connectivity index (χ0) is 14.7. The molecule has 3 rings (SSSR count). The molecule has 0 spiro atoms. The van der Waals surface area contributed by atoms with E-state index in [0.29, 0.717) is 11.4 Å². The Hall–Kier alpha value is -2.37. The highest BCUT2D eigenvalue weighted by Gasteiger charge is 2.22. The van der Waals surface area contributed by atoms with E-state index in [0.717, 1.165) is 12.5 Å². The maximum atomic E-state index is 12.7. The van der Waals surface area contributed by atoms with Crippen molar-refractivity contribution in [3.05, 3.63) is 42.5 Å². The number of hydrogen-bond acceptors (Lipinski definition) is 3. The van der Waals surface area contributed by atoms with E-state index in [1.54, 1.807) is 6.20 Å². The lowest BCUT2D eigenvalue weighted by Gasteiger charge is -2.05. The van der Waals surface area contributed by atoms with Crippen molar-refractivity contribution in [3.63, 3.8) is 0 Å². The van der Waals surface area contributed by atoms with Gasteiger partial charge in [0.1, 0.15) is 11.6 Å². The molecule has 21 heavy (non-hydrogen) atoms. The number of carbonyl (C=O) groups is 1. The van der Waals surface area contributed by atoms with Crippen LogP contribution in [0.25, 0.3) is 0 Å². The lowest BCUT2D eigenvalue weighted by molar-refractivity contribution is -0.118. The fraction of sp³-hybridized carbons (Fsp3) is 0.333. The molecule has 5 nitrogen and oxygen atoms in total. The van der Waals surface area contributed by atoms with Crippen molar-refractivity contribution in [2.45, 2.75) is 19.4 Å². The molecule has 1 aromatic heterocycles. The Kier molecular flexibility index (Phi) is 3.85. The Balaban J connectivity index is 1.46. The topological polar surface area (TPSA) is 56.1 Å². The van der Waals surface area contributed by atoms with Gasteiger partial charge < -0.3 is 10.1 Å². The van der Waals surface area contributed by atoms with Crippen LogP contribution in [-0.2, 0) is 11.3 Å². The van der Waals surface area contributed by atoms with Crippen LogP contribution in [0, 0.1) is 11.7 Å². The lowest BCUT2D eigenvalue weighted by Crippen LogP contribution is -2.19. The first-order chi connectivity index (χ1) is 10.2. The Bertz CT molecular complexity index is 620. The number of nitrogens with one attached hydrogen (secondary N) is 1. The quantitative estimate of drug-likeness (QED) is 0.888. The van der Waals surface area contributed by atoms with Crippen molar-refractivity contribution in [1.82, 2.24) is 9.78 Å². The van der Waals surface area contributed by atoms with E-state index in [2.05, 4.69) is 10.4 Å². The minimum atomic E-state index is -0.338. The van der Waals surface area contributed by atoms with Crippen molar-refractivity contribution < 1.29 is 13.9 Å². The summed E-state index contributed by atoms with van der Waals surface area (Å²) in [6.07, 6.45) is 5.95. The molecule has 0 atom stereocenters. The Labute approximate surface area is 121 Å². The van der Waals surface area contributed by atoms with Crippen LogP contribution in [0.3, 0.4) is 0 Å². The highest BCUT2D eigenvalue weighted by atomic mass is 19.1. The second-order valence-corrected chi connectivity index (χ2v) is 5.19. The zero-order valence-electron chi connectivity index (χ0n) is 11.5. The normalized spacial score (nSPS) is 14.0. The molecule has 1 amide bonds. The molecule has 6 heteroatoms. The fourth-order valence-corrected chi connectivity index (χ4v) is 1.97. The maximum Gasteiger partial charge on any atom is 0.262 e. The highest BCUT2D eigenvalue weighted by molar-refractivity contribution is 5.91. The van der Waals surface area contributed by atoms with Crippen LogP contribution in [0.2, 0.25) is 0 Å². The van der Waals surface area contributed by atoms with Crippen molar-refractivity contribution in [1.29, 1.82) is 0 Å². The number of halogens is 1. The summed E-state index contributed by atoms with van der Waals surface area (Å²) < 4.78 is 19.8. The summed E-state index contributed by atoms with van der Waals surface area (Å²) in [7, 11) is 0. The third kappa shape index (κ3) is 4.05. The first-order valence-corrected chi connectivity index (χ1v) is 6.90. The average Bonchev–Trinajstić information content (AvgIpc) is 3.17. The van der Waals surface area contributed by atoms with Gasteiger partial charge in [0.05, 0.1) is 11.9 Å². The molecule has 0 radical (unpaired) electrons. The molecule has 0 aliphatic heterocycles. The van der Waals surface area contributed by atoms with Crippen molar-refractivity contribution in [3.8, 4) is 5.75 Å². The van der Waals surface area contributed by atoms with E-state index in [9.17, 15) is 9.18 Å². The third-order valence-electron chi connectivity index (χ3n) is 3.24. The number of nitrogens with zero attached hydrogens (tertiary/aromatic N) is 2. The van der Waals surface area contributed by atoms with Gasteiger partial charge in [-0.15, -0.1) is 0 Å². The molecule has 0 saturated heterocycles. The average molecular weight is 289 g/mol. The van der Waals surface area contributed by atoms with E-state index in [1.165, 1.54) is 37.1 Å². The molecule has 0 unspecified atom stereocenters. The van der Waals surface area contributed by atoms with Gasteiger partial charge >= 0.3 is 0 Å². The molecular weight excluding hydrogens is 273 g/mol. The predicted octanol–water partition coefficient (Wildman–Crippen LogP) is 2.45. The zero-order valence-corrected chi connectivity index (χ0v) is 11.5. The van der Waals surface area contributed by atoms with Crippen LogP contribution in [-0.4, -0.2) is 22.3 Å². The number of benzene rings is 1. The number of carbonyl (C=O) groups excluding carboxylic acids is 1. The van der Waals surface area contributed by atoms with Crippen LogP contribution in [0.15, 0.2) is 36.7 Å². The van der Waals surface area contributed by atoms with Crippen LogP contribution in [0.4, 0.5) is 10.1 Å². The van der Waals surface area contributed by atoms with Crippen LogP contribution >= 0.6 is 0 Å². The van der Waals surface area contributed by atoms with Gasteiger partial charge in [0.25, 0.3) is 5.91 Å². The number of aromatic nitrogens is 2. The van der Waals surface area contributed by atoms with E-state index < -0.39 is 0 Å². The van der Waals surface area contributed by atoms with E-state index >= 15 is 0 Å². The van der Waals surface area contributed by atoms with E-state index in [1.807, 2.05) is 10.9 Å². The maximum absolute atomic E-state index is 12.7. The number of anilines is 1. The molecule has 1 N–H and O–H groups in total. The predicted molar refractivity (Wildman–Crippen MR) is 75.5 cm³/mol. The van der Waals surface area contributed by atoms with Gasteiger partial charge in [-0.2, -0.15) is 5.10 Å². The molecule has 110 valence electrons. The van der Waals surface area contributed by atoms with Crippen LogP contribution < -0.4 is 10.1 Å². The minimum absolute atomic E-state index is 0.126. The first-order valence-electron chi connectivity index (χ1n) is 6.90. The summed E-state index contributed by atoms with van der Waals surface area (Å²) in [5, 5.41) is 6.91. The third-order valence-corrected chi connectivity index (χ3v) is 3.24. The summed E-state index contributed by atoms with van der Waals surface area (Å²) in [6.45, 7) is 0.779. The highest BCUT2D eigenvalue weighted by Crippen LogP contribution is 2.30. The van der Waals surface area contributed by atoms with Gasteiger partial charge in [0, 0.05) is 12.7 Å². The van der Waals surface area contributed by atoms with Gasteiger partial charge in [-0.1, -0.05) is 0 Å². The molecule has 0 bridgehead atoms. The van der Waals surface area contributed by atoms with Gasteiger partial charge in [-0.25, -0.2) is 4.39 Å². The molecule has 1 fully saturated rings. The van der Waals surface area contributed by atoms with Gasteiger partial charge in [0.15, 0.2) is 6.61 Å². The number of amides is 1. The molecule has 1 aromatic carbocycles. The van der Waals surface area contributed by atoms with E-state index in [4.69, 9.17) is 4.74 Å². The second-order valence-electron chi connectivity index (χ2n) is 5.19. The second kappa shape index (κ2) is 5.95. The molecule has 1 saturated carbocycles. The Morgan fingerprint density at radius 2 is 2.14 bits per heavy atom. The van der Waals surface area contributed by atoms with Crippen molar-refractivity contribution >= 4 is 11.6 Å². The molecule has 1 aliphatic carbocycles. The molecular formula is C15H16FN3O2. The summed E-state index contributed by atoms with van der Waals surface area (Å²) in [4.78, 5) is 11.7. The van der Waals surface area contributed by atoms with E-state index in [-0.39, 0.29) is 18.3 Å². The van der Waals surface area contributed by atoms with Gasteiger partial charge in [-0.3, -0.25) is 9.48 Å². The standard InChI is InChI=1S/C15H16FN3O2/c16-12-3-5-14(6-4-12)21-10-15(20)18-13-7-17-19(9-13)8-11-1-2-11/h3-7,9,11H,1-2,8,10H2,(H,18,20). The molecule has 1 aliphatic rings. The minimum Gasteiger partial charge on any atom is -0.484 e. The largest absolute Gasteiger partial charge is 0.484 e. The molecule has 1 heterocycles.